The van der Waals surface area contributed by atoms with E-state index in [0.29, 0.717) is 13.0 Å². The van der Waals surface area contributed by atoms with Crippen molar-refractivity contribution in [1.82, 2.24) is 0 Å². The zero-order chi connectivity index (χ0) is 13.0. The summed E-state index contributed by atoms with van der Waals surface area (Å²) >= 11 is 0. The van der Waals surface area contributed by atoms with Gasteiger partial charge in [-0.1, -0.05) is 18.2 Å². The first-order chi connectivity index (χ1) is 8.72. The van der Waals surface area contributed by atoms with Crippen molar-refractivity contribution in [1.29, 1.82) is 0 Å². The number of carbonyl (C=O) groups excluding carboxylic acids is 2. The van der Waals surface area contributed by atoms with Gasteiger partial charge in [0, 0.05) is 18.7 Å². The predicted molar refractivity (Wildman–Crippen MR) is 65.3 cm³/mol. The minimum Gasteiger partial charge on any atom is -0.435 e. The van der Waals surface area contributed by atoms with E-state index in [-0.39, 0.29) is 12.5 Å². The Morgan fingerprint density at radius 3 is 2.78 bits per heavy atom. The van der Waals surface area contributed by atoms with Crippen LogP contribution < -0.4 is 4.90 Å². The maximum atomic E-state index is 12.0. The van der Waals surface area contributed by atoms with E-state index in [4.69, 9.17) is 4.74 Å². The van der Waals surface area contributed by atoms with Crippen LogP contribution in [0.4, 0.5) is 10.5 Å². The topological polar surface area (TPSA) is 55.8 Å². The predicted octanol–water partition coefficient (Wildman–Crippen LogP) is 1.97. The van der Waals surface area contributed by atoms with Crippen LogP contribution in [0.5, 0.6) is 0 Å². The summed E-state index contributed by atoms with van der Waals surface area (Å²) in [7, 11) is 0. The summed E-state index contributed by atoms with van der Waals surface area (Å²) in [6.07, 6.45) is -1.03. The first-order valence-corrected chi connectivity index (χ1v) is 5.92. The second-order valence-electron chi connectivity index (χ2n) is 3.90. The number of hydrogen-bond donors (Lipinski definition) is 0. The summed E-state index contributed by atoms with van der Waals surface area (Å²) < 4.78 is 9.62. The van der Waals surface area contributed by atoms with Crippen LogP contribution in [-0.2, 0) is 14.3 Å². The van der Waals surface area contributed by atoms with Gasteiger partial charge in [0.2, 0.25) is 0 Å². The van der Waals surface area contributed by atoms with Gasteiger partial charge in [-0.2, -0.15) is 0 Å². The highest BCUT2D eigenvalue weighted by Gasteiger charge is 2.35. The zero-order valence-corrected chi connectivity index (χ0v) is 10.2. The molecule has 1 aromatic carbocycles. The van der Waals surface area contributed by atoms with E-state index in [1.54, 1.807) is 11.8 Å². The van der Waals surface area contributed by atoms with Crippen molar-refractivity contribution in [3.05, 3.63) is 30.3 Å². The van der Waals surface area contributed by atoms with Crippen LogP contribution in [-0.4, -0.2) is 31.3 Å². The van der Waals surface area contributed by atoms with Crippen LogP contribution in [0.15, 0.2) is 30.3 Å². The zero-order valence-electron chi connectivity index (χ0n) is 10.2. The molecule has 5 nitrogen and oxygen atoms in total. The number of carbonyl (C=O) groups is 2. The molecule has 0 aromatic heterocycles. The molecule has 0 spiro atoms. The molecular formula is C13H15NO4. The second kappa shape index (κ2) is 5.53. The molecule has 1 heterocycles. The van der Waals surface area contributed by atoms with E-state index in [1.807, 2.05) is 30.3 Å². The average Bonchev–Trinajstić information content (AvgIpc) is 2.72. The lowest BCUT2D eigenvalue weighted by atomic mass is 10.3. The number of ether oxygens (including phenoxy) is 2. The number of rotatable bonds is 3. The highest BCUT2D eigenvalue weighted by molar-refractivity contribution is 5.99. The maximum Gasteiger partial charge on any atom is 0.509 e. The Hall–Kier alpha value is -2.04. The van der Waals surface area contributed by atoms with E-state index < -0.39 is 12.3 Å². The molecule has 2 rings (SSSR count). The fourth-order valence-corrected chi connectivity index (χ4v) is 1.90. The van der Waals surface area contributed by atoms with Gasteiger partial charge >= 0.3 is 6.16 Å². The minimum atomic E-state index is -0.786. The van der Waals surface area contributed by atoms with Crippen molar-refractivity contribution in [2.75, 3.05) is 18.1 Å². The Morgan fingerprint density at radius 2 is 2.11 bits per heavy atom. The van der Waals surface area contributed by atoms with E-state index >= 15 is 0 Å². The van der Waals surface area contributed by atoms with Crippen LogP contribution >= 0.6 is 0 Å². The number of benzene rings is 1. The summed E-state index contributed by atoms with van der Waals surface area (Å²) in [5, 5.41) is 0. The summed E-state index contributed by atoms with van der Waals surface area (Å²) in [4.78, 5) is 24.8. The Balaban J connectivity index is 1.99. The molecule has 1 amide bonds. The minimum absolute atomic E-state index is 0.200. The first-order valence-electron chi connectivity index (χ1n) is 5.92. The van der Waals surface area contributed by atoms with Crippen LogP contribution in [0.3, 0.4) is 0 Å². The van der Waals surface area contributed by atoms with Gasteiger partial charge < -0.3 is 14.4 Å². The molecule has 0 aliphatic carbocycles. The Labute approximate surface area is 105 Å². The molecule has 1 fully saturated rings. The van der Waals surface area contributed by atoms with Gasteiger partial charge in [0.05, 0.1) is 6.61 Å². The Kier molecular flexibility index (Phi) is 3.82. The molecule has 1 aliphatic heterocycles. The third-order valence-electron chi connectivity index (χ3n) is 2.72. The lowest BCUT2D eigenvalue weighted by molar-refractivity contribution is -0.125. The fraction of sp³-hybridized carbons (Fsp3) is 0.385. The van der Waals surface area contributed by atoms with Crippen molar-refractivity contribution in [3.8, 4) is 0 Å². The van der Waals surface area contributed by atoms with E-state index in [1.165, 1.54) is 0 Å². The average molecular weight is 249 g/mol. The van der Waals surface area contributed by atoms with Gasteiger partial charge in [0.1, 0.15) is 0 Å². The Bertz CT molecular complexity index is 432. The monoisotopic (exact) mass is 249 g/mol. The van der Waals surface area contributed by atoms with Crippen molar-refractivity contribution >= 4 is 17.7 Å². The first kappa shape index (κ1) is 12.4. The molecule has 0 saturated carbocycles. The highest BCUT2D eigenvalue weighted by Crippen LogP contribution is 2.22. The van der Waals surface area contributed by atoms with Crippen molar-refractivity contribution in [2.24, 2.45) is 0 Å². The van der Waals surface area contributed by atoms with Crippen LogP contribution in [0.1, 0.15) is 13.3 Å². The lowest BCUT2D eigenvalue weighted by Gasteiger charge is -2.16. The van der Waals surface area contributed by atoms with Crippen molar-refractivity contribution in [2.45, 2.75) is 19.4 Å². The third-order valence-corrected chi connectivity index (χ3v) is 2.72. The standard InChI is InChI=1S/C13H15NO4/c1-2-17-13(16)18-11-8-9-14(12(11)15)10-6-4-3-5-7-10/h3-7,11H,2,8-9H2,1H3. The van der Waals surface area contributed by atoms with E-state index in [2.05, 4.69) is 4.74 Å². The quantitative estimate of drug-likeness (QED) is 0.768. The molecule has 96 valence electrons. The lowest BCUT2D eigenvalue weighted by Crippen LogP contribution is -2.32. The van der Waals surface area contributed by atoms with Crippen LogP contribution in [0.2, 0.25) is 0 Å². The number of amides is 1. The third kappa shape index (κ3) is 2.61. The SMILES string of the molecule is CCOC(=O)OC1CCN(c2ccccc2)C1=O. The normalized spacial score (nSPS) is 18.8. The molecule has 1 unspecified atom stereocenters. The van der Waals surface area contributed by atoms with Gasteiger partial charge in [-0.25, -0.2) is 4.79 Å². The molecular weight excluding hydrogens is 234 g/mol. The molecule has 0 N–H and O–H groups in total. The molecule has 5 heteroatoms. The molecule has 0 radical (unpaired) electrons. The fourth-order valence-electron chi connectivity index (χ4n) is 1.90. The summed E-state index contributed by atoms with van der Waals surface area (Å²) in [5.74, 6) is -0.200. The van der Waals surface area contributed by atoms with Gasteiger partial charge in [0.25, 0.3) is 5.91 Å². The van der Waals surface area contributed by atoms with Gasteiger partial charge in [-0.15, -0.1) is 0 Å². The van der Waals surface area contributed by atoms with E-state index in [0.717, 1.165) is 5.69 Å². The van der Waals surface area contributed by atoms with Crippen LogP contribution in [0, 0.1) is 0 Å². The van der Waals surface area contributed by atoms with Crippen LogP contribution in [0.25, 0.3) is 0 Å². The number of anilines is 1. The summed E-state index contributed by atoms with van der Waals surface area (Å²) in [5.41, 5.74) is 0.817. The summed E-state index contributed by atoms with van der Waals surface area (Å²) in [6, 6.07) is 9.32. The Morgan fingerprint density at radius 1 is 1.39 bits per heavy atom. The van der Waals surface area contributed by atoms with Crippen molar-refractivity contribution < 1.29 is 19.1 Å². The maximum absolute atomic E-state index is 12.0. The highest BCUT2D eigenvalue weighted by atomic mass is 16.7. The molecule has 1 saturated heterocycles. The van der Waals surface area contributed by atoms with Crippen molar-refractivity contribution in [3.63, 3.8) is 0 Å². The van der Waals surface area contributed by atoms with Gasteiger partial charge in [-0.05, 0) is 19.1 Å². The largest absolute Gasteiger partial charge is 0.509 e. The smallest absolute Gasteiger partial charge is 0.435 e. The number of hydrogen-bond acceptors (Lipinski definition) is 4. The molecule has 1 aromatic rings. The van der Waals surface area contributed by atoms with Gasteiger partial charge in [0.15, 0.2) is 6.10 Å². The molecule has 18 heavy (non-hydrogen) atoms. The number of nitrogens with zero attached hydrogens (tertiary/aromatic N) is 1. The van der Waals surface area contributed by atoms with E-state index in [9.17, 15) is 9.59 Å². The molecule has 1 atom stereocenters. The number of para-hydroxylation sites is 1. The van der Waals surface area contributed by atoms with Gasteiger partial charge in [-0.3, -0.25) is 4.79 Å². The molecule has 0 bridgehead atoms. The molecule has 1 aliphatic rings. The second-order valence-corrected chi connectivity index (χ2v) is 3.90. The summed E-state index contributed by atoms with van der Waals surface area (Å²) in [6.45, 7) is 2.48.